The Morgan fingerprint density at radius 2 is 0.767 bits per heavy atom. The number of hydrogen-bond donors (Lipinski definition) is 1. The van der Waals surface area contributed by atoms with Gasteiger partial charge in [0.2, 0.25) is 0 Å². The fourth-order valence-electron chi connectivity index (χ4n) is 5.34. The fourth-order valence-corrected chi connectivity index (χ4v) is 5.84. The van der Waals surface area contributed by atoms with Crippen LogP contribution in [0.15, 0.2) is 23.1 Å². The lowest BCUT2D eigenvalue weighted by atomic mass is 10.1. The smallest absolute Gasteiger partial charge is 0.186 e. The molecule has 0 radical (unpaired) electrons. The molecule has 0 aliphatic rings. The highest BCUT2D eigenvalue weighted by Gasteiger charge is 2.07. The molecule has 43 heavy (non-hydrogen) atoms. The van der Waals surface area contributed by atoms with Gasteiger partial charge in [0.05, 0.1) is 18.1 Å². The average Bonchev–Trinajstić information content (AvgIpc) is 3.01. The molecule has 1 N–H and O–H groups in total. The van der Waals surface area contributed by atoms with Gasteiger partial charge in [-0.25, -0.2) is 23.8 Å². The van der Waals surface area contributed by atoms with Crippen molar-refractivity contribution in [1.82, 2.24) is 0 Å². The van der Waals surface area contributed by atoms with E-state index in [2.05, 4.69) is 13.8 Å². The second-order valence-corrected chi connectivity index (χ2v) is 13.2. The Bertz CT molecular complexity index is 707. The van der Waals surface area contributed by atoms with Crippen LogP contribution in [0.2, 0.25) is 0 Å². The summed E-state index contributed by atoms with van der Waals surface area (Å²) in [5.41, 5.74) is 1.54. The van der Waals surface area contributed by atoms with Gasteiger partial charge in [-0.3, -0.25) is 0 Å². The Hall–Kier alpha value is -0.830. The van der Waals surface area contributed by atoms with Gasteiger partial charge in [0, 0.05) is 0 Å². The lowest BCUT2D eigenvalue weighted by Gasteiger charge is -2.09. The van der Waals surface area contributed by atoms with Crippen molar-refractivity contribution in [2.75, 3.05) is 13.2 Å². The summed E-state index contributed by atoms with van der Waals surface area (Å²) in [7, 11) is 0. The zero-order valence-electron chi connectivity index (χ0n) is 27.9. The van der Waals surface area contributed by atoms with Crippen LogP contribution in [0.25, 0.3) is 0 Å². The summed E-state index contributed by atoms with van der Waals surface area (Å²) in [4.78, 5) is 21.8. The molecule has 0 bridgehead atoms. The first kappa shape index (κ1) is 40.2. The van der Waals surface area contributed by atoms with E-state index in [0.29, 0.717) is 18.1 Å². The van der Waals surface area contributed by atoms with Crippen molar-refractivity contribution in [2.24, 2.45) is 0 Å². The van der Waals surface area contributed by atoms with Crippen LogP contribution in [-0.4, -0.2) is 22.0 Å². The van der Waals surface area contributed by atoms with E-state index in [9.17, 15) is 8.76 Å². The SMILES string of the molecule is CCCCCCCCCCCCCCOOCc1cc(COOCCCCCCCCCCCCCC)cc(S(=O)O)c1. The predicted molar refractivity (Wildman–Crippen MR) is 179 cm³/mol. The first-order valence-corrected chi connectivity index (χ1v) is 19.0. The minimum Gasteiger partial charge on any atom is -0.302 e. The molecule has 1 aromatic rings. The normalized spacial score (nSPS) is 12.3. The maximum Gasteiger partial charge on any atom is 0.186 e. The molecule has 0 aliphatic heterocycles. The van der Waals surface area contributed by atoms with Crippen LogP contribution >= 0.6 is 0 Å². The summed E-state index contributed by atoms with van der Waals surface area (Å²) < 4.78 is 21.3. The Morgan fingerprint density at radius 1 is 0.465 bits per heavy atom. The zero-order valence-corrected chi connectivity index (χ0v) is 28.7. The van der Waals surface area contributed by atoms with E-state index in [1.165, 1.54) is 128 Å². The van der Waals surface area contributed by atoms with Crippen LogP contribution in [0.4, 0.5) is 0 Å². The summed E-state index contributed by atoms with van der Waals surface area (Å²) in [5, 5.41) is 0. The summed E-state index contributed by atoms with van der Waals surface area (Å²) in [6.07, 6.45) is 31.3. The third-order valence-electron chi connectivity index (χ3n) is 8.01. The Labute approximate surface area is 267 Å². The maximum atomic E-state index is 11.7. The fraction of sp³-hybridized carbons (Fsp3) is 0.833. The molecule has 0 saturated heterocycles. The van der Waals surface area contributed by atoms with Gasteiger partial charge in [-0.05, 0) is 36.1 Å². The van der Waals surface area contributed by atoms with Crippen LogP contribution in [0.5, 0.6) is 0 Å². The van der Waals surface area contributed by atoms with E-state index in [1.807, 2.05) is 6.07 Å². The average molecular weight is 627 g/mol. The molecule has 1 rings (SSSR count). The van der Waals surface area contributed by atoms with Gasteiger partial charge in [0.1, 0.15) is 13.2 Å². The van der Waals surface area contributed by atoms with Crippen LogP contribution in [0.1, 0.15) is 179 Å². The molecular formula is C36H66O6S. The monoisotopic (exact) mass is 626 g/mol. The maximum absolute atomic E-state index is 11.7. The first-order chi connectivity index (χ1) is 21.2. The summed E-state index contributed by atoms with van der Waals surface area (Å²) in [6.45, 7) is 6.09. The second-order valence-electron chi connectivity index (χ2n) is 12.2. The van der Waals surface area contributed by atoms with E-state index < -0.39 is 11.1 Å². The topological polar surface area (TPSA) is 74.2 Å². The molecule has 1 unspecified atom stereocenters. The molecule has 0 aliphatic carbocycles. The lowest BCUT2D eigenvalue weighted by Crippen LogP contribution is -2.02. The molecule has 0 fully saturated rings. The molecule has 0 aromatic heterocycles. The van der Waals surface area contributed by atoms with Gasteiger partial charge in [0.25, 0.3) is 0 Å². The van der Waals surface area contributed by atoms with E-state index in [1.54, 1.807) is 12.1 Å². The van der Waals surface area contributed by atoms with Crippen molar-refractivity contribution in [3.05, 3.63) is 29.3 Å². The predicted octanol–water partition coefficient (Wildman–Crippen LogP) is 11.6. The first-order valence-electron chi connectivity index (χ1n) is 17.9. The quantitative estimate of drug-likeness (QED) is 0.0362. The van der Waals surface area contributed by atoms with Gasteiger partial charge in [-0.15, -0.1) is 0 Å². The van der Waals surface area contributed by atoms with E-state index in [0.717, 1.165) is 36.8 Å². The molecule has 0 heterocycles. The Kier molecular flexibility index (Phi) is 29.1. The van der Waals surface area contributed by atoms with E-state index >= 15 is 0 Å². The minimum absolute atomic E-state index is 0.218. The minimum atomic E-state index is -2.08. The Morgan fingerprint density at radius 3 is 1.07 bits per heavy atom. The molecule has 0 amide bonds. The Balaban J connectivity index is 2.05. The second kappa shape index (κ2) is 31.2. The van der Waals surface area contributed by atoms with Crippen LogP contribution < -0.4 is 0 Å². The van der Waals surface area contributed by atoms with Crippen molar-refractivity contribution in [2.45, 2.75) is 186 Å². The van der Waals surface area contributed by atoms with Gasteiger partial charge >= 0.3 is 0 Å². The molecule has 7 heteroatoms. The standard InChI is InChI=1S/C36H66O6S/c1-3-5-7-9-11-13-15-17-19-21-23-25-27-39-41-32-34-29-35(31-36(30-34)43(37)38)33-42-40-28-26-24-22-20-18-16-14-12-10-8-6-4-2/h29-31H,3-28,32-33H2,1-2H3,(H,37,38). The van der Waals surface area contributed by atoms with Crippen molar-refractivity contribution in [3.63, 3.8) is 0 Å². The van der Waals surface area contributed by atoms with Crippen LogP contribution in [-0.2, 0) is 43.8 Å². The highest BCUT2D eigenvalue weighted by atomic mass is 32.2. The lowest BCUT2D eigenvalue weighted by molar-refractivity contribution is -0.305. The van der Waals surface area contributed by atoms with Crippen molar-refractivity contribution >= 4 is 11.1 Å². The summed E-state index contributed by atoms with van der Waals surface area (Å²) in [6, 6.07) is 5.23. The molecular weight excluding hydrogens is 560 g/mol. The van der Waals surface area contributed by atoms with Crippen LogP contribution in [0.3, 0.4) is 0 Å². The summed E-state index contributed by atoms with van der Waals surface area (Å²) in [5.74, 6) is 0. The van der Waals surface area contributed by atoms with Crippen molar-refractivity contribution in [1.29, 1.82) is 0 Å². The number of unbranched alkanes of at least 4 members (excludes halogenated alkanes) is 22. The molecule has 0 spiro atoms. The number of benzene rings is 1. The molecule has 0 saturated carbocycles. The van der Waals surface area contributed by atoms with Gasteiger partial charge < -0.3 is 4.55 Å². The van der Waals surface area contributed by atoms with E-state index in [-0.39, 0.29) is 13.2 Å². The number of hydrogen-bond acceptors (Lipinski definition) is 5. The van der Waals surface area contributed by atoms with Crippen LogP contribution in [0, 0.1) is 0 Å². The van der Waals surface area contributed by atoms with Crippen molar-refractivity contribution < 1.29 is 28.3 Å². The molecule has 6 nitrogen and oxygen atoms in total. The number of rotatable bonds is 33. The highest BCUT2D eigenvalue weighted by Crippen LogP contribution is 2.17. The zero-order chi connectivity index (χ0) is 31.1. The van der Waals surface area contributed by atoms with Gasteiger partial charge in [-0.1, -0.05) is 161 Å². The largest absolute Gasteiger partial charge is 0.302 e. The van der Waals surface area contributed by atoms with Crippen molar-refractivity contribution in [3.8, 4) is 0 Å². The molecule has 1 aromatic carbocycles. The summed E-state index contributed by atoms with van der Waals surface area (Å²) >= 11 is -2.08. The molecule has 1 atom stereocenters. The third-order valence-corrected chi connectivity index (χ3v) is 8.65. The highest BCUT2D eigenvalue weighted by molar-refractivity contribution is 7.79. The third kappa shape index (κ3) is 26.1. The van der Waals surface area contributed by atoms with Gasteiger partial charge in [-0.2, -0.15) is 0 Å². The van der Waals surface area contributed by atoms with Gasteiger partial charge in [0.15, 0.2) is 11.1 Å². The molecule has 252 valence electrons. The van der Waals surface area contributed by atoms with E-state index in [4.69, 9.17) is 19.6 Å².